The van der Waals surface area contributed by atoms with Crippen molar-refractivity contribution in [3.8, 4) is 0 Å². The summed E-state index contributed by atoms with van der Waals surface area (Å²) in [6, 6.07) is 0. The topological polar surface area (TPSA) is 59.2 Å². The van der Waals surface area contributed by atoms with Gasteiger partial charge in [-0.1, -0.05) is 5.16 Å². The first-order valence-corrected chi connectivity index (χ1v) is 2.99. The van der Waals surface area contributed by atoms with E-state index in [4.69, 9.17) is 0 Å². The third-order valence-electron chi connectivity index (χ3n) is 0.950. The molecule has 0 saturated carbocycles. The molecular formula is C6H9N2O2. The zero-order valence-electron chi connectivity index (χ0n) is 5.96. The number of rotatable bonds is 2. The summed E-state index contributed by atoms with van der Waals surface area (Å²) >= 11 is 0. The van der Waals surface area contributed by atoms with Crippen molar-refractivity contribution in [2.75, 3.05) is 0 Å². The highest BCUT2D eigenvalue weighted by molar-refractivity contribution is 4.82. The summed E-state index contributed by atoms with van der Waals surface area (Å²) in [6.45, 7) is 3.36. The van der Waals surface area contributed by atoms with Crippen LogP contribution in [0.25, 0.3) is 0 Å². The lowest BCUT2D eigenvalue weighted by Crippen LogP contribution is -2.21. The minimum Gasteiger partial charge on any atom is -0.390 e. The molecular weight excluding hydrogens is 132 g/mol. The molecule has 0 saturated heterocycles. The molecule has 1 aromatic heterocycles. The van der Waals surface area contributed by atoms with E-state index in [0.29, 0.717) is 12.3 Å². The number of nitrogens with zero attached hydrogens (tertiary/aromatic N) is 2. The van der Waals surface area contributed by atoms with Gasteiger partial charge in [0.15, 0.2) is 0 Å². The van der Waals surface area contributed by atoms with Crippen LogP contribution in [0, 0.1) is 6.33 Å². The predicted octanol–water partition coefficient (Wildman–Crippen LogP) is 0.183. The Hall–Kier alpha value is -0.900. The van der Waals surface area contributed by atoms with E-state index in [1.165, 1.54) is 0 Å². The Bertz CT molecular complexity index is 188. The van der Waals surface area contributed by atoms with Crippen molar-refractivity contribution in [2.45, 2.75) is 25.9 Å². The van der Waals surface area contributed by atoms with Gasteiger partial charge in [0.25, 0.3) is 0 Å². The number of hydrogen-bond acceptors (Lipinski definition) is 4. The third-order valence-corrected chi connectivity index (χ3v) is 0.950. The average molecular weight is 141 g/mol. The van der Waals surface area contributed by atoms with Crippen LogP contribution in [0.4, 0.5) is 0 Å². The van der Waals surface area contributed by atoms with Crippen LogP contribution in [-0.4, -0.2) is 20.8 Å². The van der Waals surface area contributed by atoms with E-state index >= 15 is 0 Å². The fourth-order valence-electron chi connectivity index (χ4n) is 0.612. The van der Waals surface area contributed by atoms with Crippen molar-refractivity contribution >= 4 is 0 Å². The molecule has 0 amide bonds. The van der Waals surface area contributed by atoms with Gasteiger partial charge in [-0.3, -0.25) is 0 Å². The van der Waals surface area contributed by atoms with E-state index in [1.807, 2.05) is 0 Å². The summed E-state index contributed by atoms with van der Waals surface area (Å²) in [5.74, 6) is 0.410. The van der Waals surface area contributed by atoms with Crippen molar-refractivity contribution in [2.24, 2.45) is 0 Å². The maximum Gasteiger partial charge on any atom is 0.243 e. The lowest BCUT2D eigenvalue weighted by molar-refractivity contribution is 0.0718. The van der Waals surface area contributed by atoms with E-state index < -0.39 is 5.60 Å². The Labute approximate surface area is 58.9 Å². The fourth-order valence-corrected chi connectivity index (χ4v) is 0.612. The molecule has 0 aromatic carbocycles. The SMILES string of the molecule is CC(C)(O)Cc1n[c]no1. The molecule has 0 aliphatic rings. The first kappa shape index (κ1) is 7.21. The molecule has 55 valence electrons. The van der Waals surface area contributed by atoms with Gasteiger partial charge in [-0.25, -0.2) is 0 Å². The van der Waals surface area contributed by atoms with Crippen molar-refractivity contribution < 1.29 is 9.63 Å². The van der Waals surface area contributed by atoms with Gasteiger partial charge in [-0.05, 0) is 13.8 Å². The van der Waals surface area contributed by atoms with Crippen molar-refractivity contribution in [1.82, 2.24) is 10.1 Å². The maximum atomic E-state index is 9.25. The standard InChI is InChI=1S/C6H9N2O2/c1-6(2,9)3-5-7-4-8-10-5/h9H,3H2,1-2H3. The zero-order chi connectivity index (χ0) is 7.61. The highest BCUT2D eigenvalue weighted by Gasteiger charge is 2.16. The van der Waals surface area contributed by atoms with Gasteiger partial charge in [-0.2, -0.15) is 4.98 Å². The number of hydrogen-bond donors (Lipinski definition) is 1. The molecule has 4 heteroatoms. The van der Waals surface area contributed by atoms with E-state index in [9.17, 15) is 5.11 Å². The molecule has 1 radical (unpaired) electrons. The van der Waals surface area contributed by atoms with Crippen LogP contribution >= 0.6 is 0 Å². The van der Waals surface area contributed by atoms with Crippen molar-refractivity contribution in [3.63, 3.8) is 0 Å². The van der Waals surface area contributed by atoms with Crippen LogP contribution in [0.1, 0.15) is 19.7 Å². The van der Waals surface area contributed by atoms with Gasteiger partial charge in [0.2, 0.25) is 12.2 Å². The molecule has 0 fully saturated rings. The van der Waals surface area contributed by atoms with Gasteiger partial charge >= 0.3 is 0 Å². The third kappa shape index (κ3) is 2.14. The van der Waals surface area contributed by atoms with Gasteiger partial charge in [-0.15, -0.1) is 0 Å². The lowest BCUT2D eigenvalue weighted by Gasteiger charge is -2.12. The average Bonchev–Trinajstić information content (AvgIpc) is 2.12. The number of aliphatic hydroxyl groups is 1. The molecule has 1 heterocycles. The van der Waals surface area contributed by atoms with Crippen LogP contribution < -0.4 is 0 Å². The van der Waals surface area contributed by atoms with E-state index in [-0.39, 0.29) is 0 Å². The largest absolute Gasteiger partial charge is 0.390 e. The molecule has 0 bridgehead atoms. The Morgan fingerprint density at radius 3 is 2.80 bits per heavy atom. The summed E-state index contributed by atoms with van der Waals surface area (Å²) in [4.78, 5) is 3.64. The highest BCUT2D eigenvalue weighted by atomic mass is 16.5. The summed E-state index contributed by atoms with van der Waals surface area (Å²) in [6.07, 6.45) is 2.64. The van der Waals surface area contributed by atoms with Crippen molar-refractivity contribution in [1.29, 1.82) is 0 Å². The van der Waals surface area contributed by atoms with Gasteiger partial charge in [0.05, 0.1) is 12.0 Å². The van der Waals surface area contributed by atoms with Crippen LogP contribution in [-0.2, 0) is 6.42 Å². The number of aromatic nitrogens is 2. The molecule has 1 rings (SSSR count). The second-order valence-electron chi connectivity index (χ2n) is 2.78. The second-order valence-corrected chi connectivity index (χ2v) is 2.78. The van der Waals surface area contributed by atoms with Gasteiger partial charge in [0, 0.05) is 0 Å². The molecule has 0 atom stereocenters. The predicted molar refractivity (Wildman–Crippen MR) is 33.1 cm³/mol. The van der Waals surface area contributed by atoms with E-state index in [2.05, 4.69) is 21.0 Å². The minimum absolute atomic E-state index is 0.365. The minimum atomic E-state index is -0.791. The smallest absolute Gasteiger partial charge is 0.243 e. The monoisotopic (exact) mass is 141 g/mol. The summed E-state index contributed by atoms with van der Waals surface area (Å²) < 4.78 is 4.63. The first-order valence-electron chi connectivity index (χ1n) is 2.99. The summed E-state index contributed by atoms with van der Waals surface area (Å²) in [7, 11) is 0. The van der Waals surface area contributed by atoms with Crippen LogP contribution in [0.3, 0.4) is 0 Å². The Balaban J connectivity index is 2.57. The molecule has 1 aromatic rings. The molecule has 0 unspecified atom stereocenters. The Kier molecular flexibility index (Phi) is 1.72. The van der Waals surface area contributed by atoms with Crippen LogP contribution in [0.5, 0.6) is 0 Å². The second kappa shape index (κ2) is 2.38. The van der Waals surface area contributed by atoms with Crippen LogP contribution in [0.15, 0.2) is 4.52 Å². The molecule has 0 aliphatic carbocycles. The lowest BCUT2D eigenvalue weighted by atomic mass is 10.1. The molecule has 0 spiro atoms. The van der Waals surface area contributed by atoms with Gasteiger partial charge < -0.3 is 9.63 Å². The zero-order valence-corrected chi connectivity index (χ0v) is 5.96. The quantitative estimate of drug-likeness (QED) is 0.638. The molecule has 1 N–H and O–H groups in total. The van der Waals surface area contributed by atoms with E-state index in [0.717, 1.165) is 0 Å². The Morgan fingerprint density at radius 1 is 1.70 bits per heavy atom. The fraction of sp³-hybridized carbons (Fsp3) is 0.667. The molecule has 0 aliphatic heterocycles. The highest BCUT2D eigenvalue weighted by Crippen LogP contribution is 2.07. The van der Waals surface area contributed by atoms with Crippen molar-refractivity contribution in [3.05, 3.63) is 12.2 Å². The van der Waals surface area contributed by atoms with Gasteiger partial charge in [0.1, 0.15) is 0 Å². The molecule has 4 nitrogen and oxygen atoms in total. The maximum absolute atomic E-state index is 9.25. The van der Waals surface area contributed by atoms with E-state index in [1.54, 1.807) is 13.8 Å². The first-order chi connectivity index (χ1) is 4.58. The normalized spacial score (nSPS) is 11.9. The molecule has 10 heavy (non-hydrogen) atoms. The summed E-state index contributed by atoms with van der Waals surface area (Å²) in [5, 5.41) is 12.5. The Morgan fingerprint density at radius 2 is 2.40 bits per heavy atom. The van der Waals surface area contributed by atoms with Crippen LogP contribution in [0.2, 0.25) is 0 Å². The summed E-state index contributed by atoms with van der Waals surface area (Å²) in [5.41, 5.74) is -0.791.